The first-order valence-corrected chi connectivity index (χ1v) is 13.0. The standard InChI is InChI=1S/C25H32NO5P/c27-32(28,29)19-9-3-7-13-23-14-15-24(25(26-23)22-16-18-30-20-22)31-17-8-2-6-12-21-10-4-1-5-11-21/h1,4-5,10-11,14-16,18,20H,2-3,6-9,12-13,17,19H2,(H2,27,28,29). The van der Waals surface area contributed by atoms with Gasteiger partial charge < -0.3 is 18.9 Å². The first-order valence-electron chi connectivity index (χ1n) is 11.2. The van der Waals surface area contributed by atoms with Gasteiger partial charge in [0.05, 0.1) is 19.1 Å². The number of ether oxygens (including phenoxy) is 1. The Morgan fingerprint density at radius 3 is 2.41 bits per heavy atom. The van der Waals surface area contributed by atoms with Crippen molar-refractivity contribution in [2.45, 2.75) is 51.4 Å². The molecule has 172 valence electrons. The second kappa shape index (κ2) is 12.6. The zero-order chi connectivity index (χ0) is 22.7. The van der Waals surface area contributed by atoms with Crippen molar-refractivity contribution in [3.8, 4) is 17.0 Å². The minimum Gasteiger partial charge on any atom is -0.491 e. The van der Waals surface area contributed by atoms with Gasteiger partial charge in [0.15, 0.2) is 0 Å². The van der Waals surface area contributed by atoms with Crippen molar-refractivity contribution in [2.24, 2.45) is 0 Å². The Morgan fingerprint density at radius 2 is 1.66 bits per heavy atom. The number of aryl methyl sites for hydroxylation is 2. The zero-order valence-electron chi connectivity index (χ0n) is 18.4. The molecule has 0 saturated carbocycles. The van der Waals surface area contributed by atoms with Crippen molar-refractivity contribution >= 4 is 7.60 Å². The maximum Gasteiger partial charge on any atom is 0.325 e. The lowest BCUT2D eigenvalue weighted by atomic mass is 10.1. The maximum absolute atomic E-state index is 10.9. The largest absolute Gasteiger partial charge is 0.491 e. The van der Waals surface area contributed by atoms with Gasteiger partial charge in [-0.2, -0.15) is 0 Å². The van der Waals surface area contributed by atoms with Crippen molar-refractivity contribution in [2.75, 3.05) is 12.8 Å². The number of aromatic nitrogens is 1. The fraction of sp³-hybridized carbons (Fsp3) is 0.400. The van der Waals surface area contributed by atoms with Gasteiger partial charge in [-0.25, -0.2) is 4.98 Å². The number of nitrogens with zero attached hydrogens (tertiary/aromatic N) is 1. The topological polar surface area (TPSA) is 92.8 Å². The summed E-state index contributed by atoms with van der Waals surface area (Å²) >= 11 is 0. The van der Waals surface area contributed by atoms with E-state index in [0.29, 0.717) is 13.0 Å². The number of hydrogen-bond acceptors (Lipinski definition) is 4. The molecule has 2 aromatic heterocycles. The van der Waals surface area contributed by atoms with Crippen LogP contribution >= 0.6 is 7.60 Å². The summed E-state index contributed by atoms with van der Waals surface area (Å²) in [5.41, 5.74) is 3.97. The molecule has 2 heterocycles. The monoisotopic (exact) mass is 457 g/mol. The number of furan rings is 1. The third kappa shape index (κ3) is 8.62. The second-order valence-electron chi connectivity index (χ2n) is 8.01. The van der Waals surface area contributed by atoms with Gasteiger partial charge in [0.25, 0.3) is 0 Å². The molecule has 0 spiro atoms. The number of unbranched alkanes of at least 4 members (excludes halogenated alkanes) is 4. The highest BCUT2D eigenvalue weighted by Crippen LogP contribution is 2.35. The van der Waals surface area contributed by atoms with E-state index in [1.165, 1.54) is 5.56 Å². The molecule has 0 saturated heterocycles. The van der Waals surface area contributed by atoms with E-state index < -0.39 is 7.60 Å². The molecule has 0 aliphatic carbocycles. The minimum absolute atomic E-state index is 0.0567. The Bertz CT molecular complexity index is 969. The van der Waals surface area contributed by atoms with Crippen molar-refractivity contribution < 1.29 is 23.5 Å². The van der Waals surface area contributed by atoms with Crippen LogP contribution in [-0.4, -0.2) is 27.5 Å². The van der Waals surface area contributed by atoms with E-state index in [-0.39, 0.29) is 6.16 Å². The summed E-state index contributed by atoms with van der Waals surface area (Å²) in [5.74, 6) is 0.750. The molecule has 0 amide bonds. The van der Waals surface area contributed by atoms with Gasteiger partial charge in [-0.05, 0) is 68.7 Å². The average molecular weight is 458 g/mol. The lowest BCUT2D eigenvalue weighted by Gasteiger charge is -2.12. The van der Waals surface area contributed by atoms with E-state index in [9.17, 15) is 4.57 Å². The highest BCUT2D eigenvalue weighted by atomic mass is 31.2. The predicted octanol–water partition coefficient (Wildman–Crippen LogP) is 6.02. The van der Waals surface area contributed by atoms with Gasteiger partial charge in [-0.1, -0.05) is 36.8 Å². The van der Waals surface area contributed by atoms with E-state index in [1.807, 2.05) is 24.3 Å². The molecule has 0 radical (unpaired) electrons. The quantitative estimate of drug-likeness (QED) is 0.227. The van der Waals surface area contributed by atoms with Crippen LogP contribution in [0.4, 0.5) is 0 Å². The Morgan fingerprint density at radius 1 is 0.875 bits per heavy atom. The average Bonchev–Trinajstić information content (AvgIpc) is 3.31. The van der Waals surface area contributed by atoms with Crippen LogP contribution in [0.15, 0.2) is 65.5 Å². The van der Waals surface area contributed by atoms with Crippen LogP contribution in [0.3, 0.4) is 0 Å². The van der Waals surface area contributed by atoms with Crippen LogP contribution in [0.2, 0.25) is 0 Å². The van der Waals surface area contributed by atoms with Crippen molar-refractivity contribution in [1.82, 2.24) is 4.98 Å². The van der Waals surface area contributed by atoms with Crippen LogP contribution in [0.5, 0.6) is 5.75 Å². The summed E-state index contributed by atoms with van der Waals surface area (Å²) in [6, 6.07) is 16.3. The highest BCUT2D eigenvalue weighted by Gasteiger charge is 2.13. The van der Waals surface area contributed by atoms with Crippen molar-refractivity contribution in [3.63, 3.8) is 0 Å². The summed E-state index contributed by atoms with van der Waals surface area (Å²) in [5, 5.41) is 0. The second-order valence-corrected chi connectivity index (χ2v) is 9.78. The Labute approximate surface area is 189 Å². The van der Waals surface area contributed by atoms with E-state index >= 15 is 0 Å². The van der Waals surface area contributed by atoms with Crippen LogP contribution in [0, 0.1) is 0 Å². The first-order chi connectivity index (χ1) is 15.5. The molecule has 6 nitrogen and oxygen atoms in total. The summed E-state index contributed by atoms with van der Waals surface area (Å²) in [6.07, 6.45) is 10.4. The minimum atomic E-state index is -3.90. The first kappa shape index (κ1) is 24.2. The molecule has 1 aromatic carbocycles. The van der Waals surface area contributed by atoms with E-state index in [0.717, 1.165) is 67.6 Å². The normalized spacial score (nSPS) is 11.6. The predicted molar refractivity (Wildman–Crippen MR) is 126 cm³/mol. The Kier molecular flexibility index (Phi) is 9.54. The van der Waals surface area contributed by atoms with Gasteiger partial charge in [0.1, 0.15) is 11.4 Å². The maximum atomic E-state index is 10.9. The summed E-state index contributed by atoms with van der Waals surface area (Å²) in [7, 11) is -3.90. The number of pyridine rings is 1. The highest BCUT2D eigenvalue weighted by molar-refractivity contribution is 7.51. The van der Waals surface area contributed by atoms with Crippen LogP contribution in [0.1, 0.15) is 49.8 Å². The summed E-state index contributed by atoms with van der Waals surface area (Å²) in [6.45, 7) is 0.642. The van der Waals surface area contributed by atoms with Crippen LogP contribution in [0.25, 0.3) is 11.3 Å². The molecule has 3 aromatic rings. The SMILES string of the molecule is O=P(O)(O)CCCCCc1ccc(OCCCCCc2ccccc2)c(-c2ccoc2)n1. The molecule has 2 N–H and O–H groups in total. The fourth-order valence-corrected chi connectivity index (χ4v) is 4.22. The molecular formula is C25H32NO5P. The van der Waals surface area contributed by atoms with Gasteiger partial charge in [-0.15, -0.1) is 0 Å². The van der Waals surface area contributed by atoms with E-state index in [1.54, 1.807) is 12.5 Å². The molecule has 32 heavy (non-hydrogen) atoms. The molecule has 0 unspecified atom stereocenters. The van der Waals surface area contributed by atoms with Crippen molar-refractivity contribution in [3.05, 3.63) is 72.3 Å². The van der Waals surface area contributed by atoms with Gasteiger partial charge in [-0.3, -0.25) is 4.57 Å². The molecule has 0 atom stereocenters. The molecule has 0 aliphatic rings. The third-order valence-electron chi connectivity index (χ3n) is 5.30. The zero-order valence-corrected chi connectivity index (χ0v) is 19.3. The molecule has 3 rings (SSSR count). The Hall–Kier alpha value is -2.40. The van der Waals surface area contributed by atoms with Gasteiger partial charge in [0, 0.05) is 17.4 Å². The van der Waals surface area contributed by atoms with Crippen LogP contribution in [-0.2, 0) is 17.4 Å². The molecular weight excluding hydrogens is 425 g/mol. The van der Waals surface area contributed by atoms with E-state index in [2.05, 4.69) is 24.3 Å². The van der Waals surface area contributed by atoms with Gasteiger partial charge >= 0.3 is 7.60 Å². The number of hydrogen-bond donors (Lipinski definition) is 2. The van der Waals surface area contributed by atoms with E-state index in [4.69, 9.17) is 23.9 Å². The molecule has 0 fully saturated rings. The summed E-state index contributed by atoms with van der Waals surface area (Å²) < 4.78 is 22.2. The third-order valence-corrected chi connectivity index (χ3v) is 6.20. The van der Waals surface area contributed by atoms with Crippen LogP contribution < -0.4 is 4.74 Å². The molecule has 0 bridgehead atoms. The summed E-state index contributed by atoms with van der Waals surface area (Å²) in [4.78, 5) is 22.7. The number of rotatable bonds is 14. The fourth-order valence-electron chi connectivity index (χ4n) is 3.58. The lowest BCUT2D eigenvalue weighted by Crippen LogP contribution is -2.02. The Balaban J connectivity index is 1.47. The van der Waals surface area contributed by atoms with Crippen molar-refractivity contribution in [1.29, 1.82) is 0 Å². The number of benzene rings is 1. The smallest absolute Gasteiger partial charge is 0.325 e. The lowest BCUT2D eigenvalue weighted by molar-refractivity contribution is 0.305. The molecule has 7 heteroatoms. The van der Waals surface area contributed by atoms with Gasteiger partial charge in [0.2, 0.25) is 0 Å². The molecule has 0 aliphatic heterocycles.